The van der Waals surface area contributed by atoms with Crippen LogP contribution in [0.3, 0.4) is 0 Å². The molecule has 15 heavy (non-hydrogen) atoms. The Balaban J connectivity index is 2.41. The predicted octanol–water partition coefficient (Wildman–Crippen LogP) is 1.84. The van der Waals surface area contributed by atoms with Crippen LogP contribution in [0.15, 0.2) is 30.3 Å². The highest BCUT2D eigenvalue weighted by Crippen LogP contribution is 2.03. The molecule has 0 fully saturated rings. The summed E-state index contributed by atoms with van der Waals surface area (Å²) in [6, 6.07) is 10.6. The highest BCUT2D eigenvalue weighted by atomic mass is 32.1. The molecule has 0 aliphatic rings. The average Bonchev–Trinajstić information content (AvgIpc) is 2.26. The van der Waals surface area contributed by atoms with Crippen molar-refractivity contribution in [2.75, 3.05) is 13.6 Å². The number of thiocarbonyl (C=S) groups is 1. The maximum atomic E-state index is 5.60. The van der Waals surface area contributed by atoms with E-state index in [-0.39, 0.29) is 6.04 Å². The van der Waals surface area contributed by atoms with Gasteiger partial charge >= 0.3 is 0 Å². The molecule has 0 amide bonds. The van der Waals surface area contributed by atoms with Crippen molar-refractivity contribution in [2.45, 2.75) is 19.4 Å². The molecule has 0 bridgehead atoms. The van der Waals surface area contributed by atoms with E-state index in [4.69, 9.17) is 18.0 Å². The molecule has 2 N–H and O–H groups in total. The summed E-state index contributed by atoms with van der Waals surface area (Å²) in [6.45, 7) is 3.01. The predicted molar refractivity (Wildman–Crippen MR) is 69.0 cm³/mol. The van der Waals surface area contributed by atoms with Crippen molar-refractivity contribution >= 4 is 17.2 Å². The fraction of sp³-hybridized carbons (Fsp3) is 0.417. The Morgan fingerprint density at radius 2 is 2.00 bits per heavy atom. The lowest BCUT2D eigenvalue weighted by atomic mass is 10.1. The molecule has 0 heterocycles. The number of rotatable bonds is 5. The van der Waals surface area contributed by atoms with Crippen molar-refractivity contribution in [1.29, 1.82) is 0 Å². The minimum Gasteiger partial charge on any atom is -0.392 e. The van der Waals surface area contributed by atoms with Crippen molar-refractivity contribution in [3.05, 3.63) is 35.9 Å². The Morgan fingerprint density at radius 3 is 2.53 bits per heavy atom. The summed E-state index contributed by atoms with van der Waals surface area (Å²) in [5, 5.41) is 0. The Labute approximate surface area is 97.1 Å². The van der Waals surface area contributed by atoms with Gasteiger partial charge in [-0.2, -0.15) is 0 Å². The summed E-state index contributed by atoms with van der Waals surface area (Å²) in [4.78, 5) is 2.74. The van der Waals surface area contributed by atoms with Crippen LogP contribution < -0.4 is 5.73 Å². The molecule has 1 unspecified atom stereocenters. The van der Waals surface area contributed by atoms with Gasteiger partial charge in [-0.15, -0.1) is 0 Å². The van der Waals surface area contributed by atoms with E-state index in [1.54, 1.807) is 0 Å². The Morgan fingerprint density at radius 1 is 1.40 bits per heavy atom. The minimum absolute atomic E-state index is 0.170. The number of likely N-dealkylation sites (N-methyl/N-ethyl adjacent to an activating group) is 1. The number of benzene rings is 1. The van der Waals surface area contributed by atoms with Gasteiger partial charge < -0.3 is 5.73 Å². The van der Waals surface area contributed by atoms with Gasteiger partial charge in [0, 0.05) is 6.54 Å². The Bertz CT molecular complexity index is 311. The van der Waals surface area contributed by atoms with Crippen LogP contribution in [0.4, 0.5) is 0 Å². The van der Waals surface area contributed by atoms with Crippen LogP contribution in [0.2, 0.25) is 0 Å². The van der Waals surface area contributed by atoms with Crippen molar-refractivity contribution in [2.24, 2.45) is 5.73 Å². The van der Waals surface area contributed by atoms with Gasteiger partial charge in [0.2, 0.25) is 0 Å². The van der Waals surface area contributed by atoms with Gasteiger partial charge in [-0.05, 0) is 26.0 Å². The molecule has 0 aromatic heterocycles. The van der Waals surface area contributed by atoms with E-state index in [1.165, 1.54) is 5.56 Å². The molecule has 82 valence electrons. The second-order valence-electron chi connectivity index (χ2n) is 3.79. The molecule has 1 aromatic rings. The van der Waals surface area contributed by atoms with E-state index in [1.807, 2.05) is 20.0 Å². The number of hydrogen-bond donors (Lipinski definition) is 1. The molecule has 0 saturated heterocycles. The highest BCUT2D eigenvalue weighted by molar-refractivity contribution is 7.80. The number of hydrogen-bond acceptors (Lipinski definition) is 2. The summed E-state index contributed by atoms with van der Waals surface area (Å²) in [7, 11) is 2.05. The number of nitrogens with two attached hydrogens (primary N) is 1. The average molecular weight is 222 g/mol. The first-order chi connectivity index (χ1) is 7.11. The molecular weight excluding hydrogens is 204 g/mol. The summed E-state index contributed by atoms with van der Waals surface area (Å²) >= 11 is 4.96. The number of nitrogens with zero attached hydrogens (tertiary/aromatic N) is 1. The van der Waals surface area contributed by atoms with E-state index in [0.29, 0.717) is 4.99 Å². The molecule has 0 aliphatic heterocycles. The maximum Gasteiger partial charge on any atom is 0.0899 e. The second kappa shape index (κ2) is 5.83. The fourth-order valence-corrected chi connectivity index (χ4v) is 1.54. The molecule has 3 heteroatoms. The SMILES string of the molecule is CC(C(N)=S)N(C)CCc1ccccc1. The third-order valence-electron chi connectivity index (χ3n) is 2.67. The first kappa shape index (κ1) is 12.1. The van der Waals surface area contributed by atoms with Crippen LogP contribution >= 0.6 is 12.2 Å². The quantitative estimate of drug-likeness (QED) is 0.771. The maximum absolute atomic E-state index is 5.60. The van der Waals surface area contributed by atoms with Crippen LogP contribution in [0.1, 0.15) is 12.5 Å². The van der Waals surface area contributed by atoms with Gasteiger partial charge in [0.05, 0.1) is 11.0 Å². The van der Waals surface area contributed by atoms with Crippen molar-refractivity contribution < 1.29 is 0 Å². The smallest absolute Gasteiger partial charge is 0.0899 e. The van der Waals surface area contributed by atoms with E-state index in [0.717, 1.165) is 13.0 Å². The zero-order valence-corrected chi connectivity index (χ0v) is 10.1. The van der Waals surface area contributed by atoms with Gasteiger partial charge in [0.1, 0.15) is 0 Å². The molecule has 0 spiro atoms. The Kier molecular flexibility index (Phi) is 4.72. The summed E-state index contributed by atoms with van der Waals surface area (Å²) in [5.41, 5.74) is 6.94. The van der Waals surface area contributed by atoms with E-state index < -0.39 is 0 Å². The third-order valence-corrected chi connectivity index (χ3v) is 3.01. The second-order valence-corrected chi connectivity index (χ2v) is 4.27. The van der Waals surface area contributed by atoms with Gasteiger partial charge in [0.25, 0.3) is 0 Å². The van der Waals surface area contributed by atoms with Crippen molar-refractivity contribution in [3.8, 4) is 0 Å². The molecule has 0 saturated carbocycles. The van der Waals surface area contributed by atoms with Crippen LogP contribution in [0.5, 0.6) is 0 Å². The highest BCUT2D eigenvalue weighted by Gasteiger charge is 2.10. The van der Waals surface area contributed by atoms with Crippen LogP contribution in [-0.4, -0.2) is 29.5 Å². The fourth-order valence-electron chi connectivity index (χ4n) is 1.36. The zero-order valence-electron chi connectivity index (χ0n) is 9.31. The molecule has 1 aromatic carbocycles. The lowest BCUT2D eigenvalue weighted by molar-refractivity contribution is 0.316. The minimum atomic E-state index is 0.170. The monoisotopic (exact) mass is 222 g/mol. The molecular formula is C12H18N2S. The van der Waals surface area contributed by atoms with Crippen LogP contribution in [0, 0.1) is 0 Å². The first-order valence-electron chi connectivity index (χ1n) is 5.14. The molecule has 0 radical (unpaired) electrons. The van der Waals surface area contributed by atoms with Gasteiger partial charge in [-0.1, -0.05) is 42.5 Å². The first-order valence-corrected chi connectivity index (χ1v) is 5.55. The zero-order chi connectivity index (χ0) is 11.3. The van der Waals surface area contributed by atoms with E-state index >= 15 is 0 Å². The standard InChI is InChI=1S/C12H18N2S/c1-10(12(13)15)14(2)9-8-11-6-4-3-5-7-11/h3-7,10H,8-9H2,1-2H3,(H2,13,15). The van der Waals surface area contributed by atoms with E-state index in [2.05, 4.69) is 29.2 Å². The van der Waals surface area contributed by atoms with Gasteiger partial charge in [0.15, 0.2) is 0 Å². The molecule has 2 nitrogen and oxygen atoms in total. The van der Waals surface area contributed by atoms with Crippen molar-refractivity contribution in [3.63, 3.8) is 0 Å². The van der Waals surface area contributed by atoms with Gasteiger partial charge in [-0.25, -0.2) is 0 Å². The topological polar surface area (TPSA) is 29.3 Å². The largest absolute Gasteiger partial charge is 0.392 e. The summed E-state index contributed by atoms with van der Waals surface area (Å²) in [5.74, 6) is 0. The molecule has 0 aliphatic carbocycles. The van der Waals surface area contributed by atoms with Crippen LogP contribution in [0.25, 0.3) is 0 Å². The lowest BCUT2D eigenvalue weighted by Crippen LogP contribution is -2.40. The Hall–Kier alpha value is -0.930. The summed E-state index contributed by atoms with van der Waals surface area (Å²) in [6.07, 6.45) is 1.03. The molecule has 1 atom stereocenters. The van der Waals surface area contributed by atoms with Gasteiger partial charge in [-0.3, -0.25) is 4.90 Å². The van der Waals surface area contributed by atoms with Crippen molar-refractivity contribution in [1.82, 2.24) is 4.90 Å². The van der Waals surface area contributed by atoms with E-state index in [9.17, 15) is 0 Å². The summed E-state index contributed by atoms with van der Waals surface area (Å²) < 4.78 is 0. The van der Waals surface area contributed by atoms with Crippen LogP contribution in [-0.2, 0) is 6.42 Å². The lowest BCUT2D eigenvalue weighted by Gasteiger charge is -2.23. The molecule has 1 rings (SSSR count). The normalized spacial score (nSPS) is 12.7. The third kappa shape index (κ3) is 3.98.